The molecule has 0 bridgehead atoms. The monoisotopic (exact) mass is 1620 g/mol. The molecule has 0 aliphatic rings. The molecule has 0 aliphatic carbocycles. The zero-order chi connectivity index (χ0) is 67.3. The number of benzene rings is 19. The van der Waals surface area contributed by atoms with Crippen LogP contribution in [0.2, 0.25) is 0 Å². The molecule has 0 nitrogen and oxygen atoms in total. The van der Waals surface area contributed by atoms with E-state index in [1.807, 2.05) is 0 Å². The first-order chi connectivity index (χ1) is 48.1. The largest absolute Gasteiger partial charge is 0.0628 e. The van der Waals surface area contributed by atoms with Gasteiger partial charge in [0.05, 0.1) is 0 Å². The van der Waals surface area contributed by atoms with E-state index in [1.165, 1.54) is 299 Å². The van der Waals surface area contributed by atoms with Gasteiger partial charge in [-0.3, -0.25) is 0 Å². The van der Waals surface area contributed by atoms with Gasteiger partial charge in [0, 0.05) is 27.4 Å². The first-order valence-corrected chi connectivity index (χ1v) is 41.2. The third kappa shape index (κ3) is 9.48. The SMILES string of the molecule is CC(C)CCCC(C)CCc1ccc(-c2c(I)c3ccc4c5ccc6c(-c7ccc(CCC(C)CCCC(C)C)cc7)c(I)c7ccc8c9ccc%10c(-c%11ccc(CCC(C)CCCC(C)C)cc%11)c(I)c%11ccc%12c%13ccc2c2c3c4c3c(c%132)c2c%12c%11c%10c9c2c2c8c7c6c5c32)cc1. The fourth-order valence-electron chi connectivity index (χ4n) is 19.9. The third-order valence-electron chi connectivity index (χ3n) is 25.0. The maximum atomic E-state index is 2.77. The van der Waals surface area contributed by atoms with Crippen molar-refractivity contribution in [1.82, 2.24) is 0 Å². The summed E-state index contributed by atoms with van der Waals surface area (Å²) in [5.41, 5.74) is 12.4. The lowest BCUT2D eigenvalue weighted by Gasteiger charge is -2.32. The minimum Gasteiger partial charge on any atom is -0.0628 e. The Morgan fingerprint density at radius 1 is 0.202 bits per heavy atom. The van der Waals surface area contributed by atoms with Gasteiger partial charge in [-0.15, -0.1) is 0 Å². The average Bonchev–Trinajstić information content (AvgIpc) is 0.633. The van der Waals surface area contributed by atoms with Crippen molar-refractivity contribution in [3.05, 3.63) is 173 Å². The van der Waals surface area contributed by atoms with Crippen LogP contribution in [0.5, 0.6) is 0 Å². The number of fused-ring (bicyclic) bond motifs is 3. The molecule has 492 valence electrons. The minimum atomic E-state index is 0.733. The van der Waals surface area contributed by atoms with E-state index < -0.39 is 0 Å². The van der Waals surface area contributed by atoms with Crippen LogP contribution in [0.15, 0.2) is 146 Å². The number of rotatable bonds is 24. The average molecular weight is 1620 g/mol. The van der Waals surface area contributed by atoms with Crippen LogP contribution in [0, 0.1) is 46.2 Å². The molecule has 3 atom stereocenters. The Hall–Kier alpha value is -6.39. The second-order valence-electron chi connectivity index (χ2n) is 32.8. The molecule has 0 radical (unpaired) electrons. The topological polar surface area (TPSA) is 0 Å². The van der Waals surface area contributed by atoms with Gasteiger partial charge in [-0.25, -0.2) is 0 Å². The van der Waals surface area contributed by atoms with E-state index in [4.69, 9.17) is 0 Å². The van der Waals surface area contributed by atoms with Crippen molar-refractivity contribution < 1.29 is 0 Å². The summed E-state index contributed by atoms with van der Waals surface area (Å²) >= 11 is 8.32. The zero-order valence-corrected chi connectivity index (χ0v) is 65.5. The lowest BCUT2D eigenvalue weighted by Crippen LogP contribution is -2.04. The highest BCUT2D eigenvalue weighted by atomic mass is 127. The second-order valence-corrected chi connectivity index (χ2v) is 36.0. The Bertz CT molecular complexity index is 5590. The van der Waals surface area contributed by atoms with Crippen LogP contribution < -0.4 is 0 Å². The van der Waals surface area contributed by atoms with Crippen LogP contribution in [0.1, 0.15) is 156 Å². The lowest BCUT2D eigenvalue weighted by atomic mass is 9.70. The fourth-order valence-corrected chi connectivity index (χ4v) is 23.1. The summed E-state index contributed by atoms with van der Waals surface area (Å²) in [5, 5.41) is 42.8. The molecule has 3 heteroatoms. The van der Waals surface area contributed by atoms with E-state index in [-0.39, 0.29) is 0 Å². The minimum absolute atomic E-state index is 0.733. The second kappa shape index (κ2) is 24.1. The molecule has 3 unspecified atom stereocenters. The number of halogens is 3. The van der Waals surface area contributed by atoms with Crippen molar-refractivity contribution in [2.45, 2.75) is 159 Å². The van der Waals surface area contributed by atoms with Gasteiger partial charge in [0.2, 0.25) is 0 Å². The molecule has 99 heavy (non-hydrogen) atoms. The molecule has 0 N–H and O–H groups in total. The summed E-state index contributed by atoms with van der Waals surface area (Å²) in [6.07, 6.45) is 19.0. The maximum absolute atomic E-state index is 2.77. The smallest absolute Gasteiger partial charge is 0.0293 e. The van der Waals surface area contributed by atoms with Crippen molar-refractivity contribution in [2.75, 3.05) is 0 Å². The Labute approximate surface area is 623 Å². The Morgan fingerprint density at radius 3 is 0.616 bits per heavy atom. The van der Waals surface area contributed by atoms with E-state index in [0.29, 0.717) is 0 Å². The van der Waals surface area contributed by atoms with Gasteiger partial charge in [-0.1, -0.05) is 266 Å². The van der Waals surface area contributed by atoms with Gasteiger partial charge in [-0.2, -0.15) is 0 Å². The molecule has 19 rings (SSSR count). The van der Waals surface area contributed by atoms with Crippen molar-refractivity contribution in [2.24, 2.45) is 35.5 Å². The molecule has 19 aromatic carbocycles. The molecular formula is C96H87I3. The molecule has 0 heterocycles. The zero-order valence-electron chi connectivity index (χ0n) is 59.1. The Balaban J connectivity index is 0.887. The number of aryl methyl sites for hydroxylation is 3. The van der Waals surface area contributed by atoms with E-state index in [2.05, 4.69) is 276 Å². The van der Waals surface area contributed by atoms with Crippen LogP contribution in [0.3, 0.4) is 0 Å². The van der Waals surface area contributed by atoms with Gasteiger partial charge in [0.15, 0.2) is 0 Å². The Kier molecular flexibility index (Phi) is 15.5. The number of hydrogen-bond acceptors (Lipinski definition) is 0. The predicted octanol–water partition coefficient (Wildman–Crippen LogP) is 30.9. The predicted molar refractivity (Wildman–Crippen MR) is 463 cm³/mol. The molecule has 0 aliphatic heterocycles. The third-order valence-corrected chi connectivity index (χ3v) is 28.3. The molecule has 19 aromatic rings. The maximum Gasteiger partial charge on any atom is 0.0293 e. The Morgan fingerprint density at radius 2 is 0.394 bits per heavy atom. The van der Waals surface area contributed by atoms with Gasteiger partial charge in [-0.05, 0) is 337 Å². The fraction of sp³-hybridized carbons (Fsp3) is 0.312. The summed E-state index contributed by atoms with van der Waals surface area (Å²) in [4.78, 5) is 0. The molecule has 0 fully saturated rings. The van der Waals surface area contributed by atoms with Gasteiger partial charge < -0.3 is 0 Å². The molecule has 0 saturated heterocycles. The number of hydrogen-bond donors (Lipinski definition) is 0. The normalized spacial score (nSPS) is 14.2. The molecule has 0 spiro atoms. The highest BCUT2D eigenvalue weighted by molar-refractivity contribution is 14.1. The van der Waals surface area contributed by atoms with E-state index >= 15 is 0 Å². The standard InChI is InChI=1S/C96H87I3/c1-49(2)13-10-16-52(7)19-22-55-25-31-58(32-26-55)73-67-43-37-61-65-41-47-71-86-80(65)92-88-76(61)82(67)85-70(94(73)97)46-40-64-62-38-44-68-74(59-33-27-56(28-34-59)23-20-53(8)17-11-14-50(3)4)96(99)72-48-42-66-63-39-45-69(75(95(71)98)60-35-29-57(30-36-60)24-21-54(9)18-12-15-51(5)6)84(86)78(63)90(92)93-81(66)87(72)83(68)77(62)89(93)91(88)79(64)85/h25-54H,10-24H2,1-9H3. The molecule has 0 amide bonds. The van der Waals surface area contributed by atoms with Crippen LogP contribution in [-0.2, 0) is 19.3 Å². The summed E-state index contributed by atoms with van der Waals surface area (Å²) in [7, 11) is 0. The van der Waals surface area contributed by atoms with Crippen molar-refractivity contribution in [1.29, 1.82) is 0 Å². The van der Waals surface area contributed by atoms with E-state index in [1.54, 1.807) is 0 Å². The first kappa shape index (κ1) is 63.5. The highest BCUT2D eigenvalue weighted by Crippen LogP contribution is 2.65. The van der Waals surface area contributed by atoms with Gasteiger partial charge in [0.25, 0.3) is 0 Å². The summed E-state index contributed by atoms with van der Waals surface area (Å²) in [5.74, 6) is 4.53. The van der Waals surface area contributed by atoms with Crippen LogP contribution >= 0.6 is 67.8 Å². The molecule has 0 saturated carbocycles. The van der Waals surface area contributed by atoms with Crippen LogP contribution in [-0.4, -0.2) is 0 Å². The van der Waals surface area contributed by atoms with Crippen LogP contribution in [0.25, 0.3) is 195 Å². The van der Waals surface area contributed by atoms with Gasteiger partial charge >= 0.3 is 0 Å². The van der Waals surface area contributed by atoms with Crippen molar-refractivity contribution in [3.8, 4) is 33.4 Å². The summed E-state index contributed by atoms with van der Waals surface area (Å²) in [6.45, 7) is 21.6. The van der Waals surface area contributed by atoms with E-state index in [0.717, 1.165) is 54.8 Å². The van der Waals surface area contributed by atoms with Gasteiger partial charge in [0.1, 0.15) is 0 Å². The van der Waals surface area contributed by atoms with Crippen molar-refractivity contribution >= 4 is 229 Å². The van der Waals surface area contributed by atoms with Crippen LogP contribution in [0.4, 0.5) is 0 Å². The summed E-state index contributed by atoms with van der Waals surface area (Å²) < 4.78 is 4.06. The first-order valence-electron chi connectivity index (χ1n) is 37.9. The lowest BCUT2D eigenvalue weighted by molar-refractivity contribution is 0.437. The highest BCUT2D eigenvalue weighted by Gasteiger charge is 2.36. The summed E-state index contributed by atoms with van der Waals surface area (Å²) in [6, 6.07) is 60.2. The van der Waals surface area contributed by atoms with Crippen molar-refractivity contribution in [3.63, 3.8) is 0 Å². The van der Waals surface area contributed by atoms with E-state index in [9.17, 15) is 0 Å². The quantitative estimate of drug-likeness (QED) is 0.0321. The molecule has 0 aromatic heterocycles. The molecular weight excluding hydrogens is 1530 g/mol.